The number of anilines is 1. The third kappa shape index (κ3) is 2.56. The zero-order valence-corrected chi connectivity index (χ0v) is 9.47. The Morgan fingerprint density at radius 1 is 1.69 bits per heavy atom. The monoisotopic (exact) mass is 221 g/mol. The lowest BCUT2D eigenvalue weighted by atomic mass is 10.2. The summed E-state index contributed by atoms with van der Waals surface area (Å²) in [6, 6.07) is 0. The minimum absolute atomic E-state index is 0.137. The van der Waals surface area contributed by atoms with Crippen LogP contribution in [0, 0.1) is 6.92 Å². The van der Waals surface area contributed by atoms with E-state index in [1.165, 1.54) is 6.20 Å². The Kier molecular flexibility index (Phi) is 3.99. The van der Waals surface area contributed by atoms with Crippen molar-refractivity contribution in [3.8, 4) is 0 Å². The standard InChI is InChI=1S/C11H15N3O2/c1-4-6-14(5-2)11-12-7-9(10(15)16)8(3)13-11/h4,7H,1,5-6H2,2-3H3,(H,15,16). The lowest BCUT2D eigenvalue weighted by Crippen LogP contribution is -2.25. The molecule has 0 radical (unpaired) electrons. The molecule has 0 fully saturated rings. The van der Waals surface area contributed by atoms with E-state index in [0.29, 0.717) is 18.2 Å². The predicted octanol–water partition coefficient (Wildman–Crippen LogP) is 1.50. The molecule has 5 nitrogen and oxygen atoms in total. The Labute approximate surface area is 94.5 Å². The third-order valence-electron chi connectivity index (χ3n) is 2.21. The van der Waals surface area contributed by atoms with Crippen LogP contribution in [0.25, 0.3) is 0 Å². The second kappa shape index (κ2) is 5.25. The highest BCUT2D eigenvalue weighted by atomic mass is 16.4. The molecular weight excluding hydrogens is 206 g/mol. The topological polar surface area (TPSA) is 66.3 Å². The summed E-state index contributed by atoms with van der Waals surface area (Å²) in [7, 11) is 0. The maximum Gasteiger partial charge on any atom is 0.339 e. The van der Waals surface area contributed by atoms with Gasteiger partial charge in [0.1, 0.15) is 0 Å². The molecule has 0 aliphatic heterocycles. The molecule has 1 heterocycles. The molecule has 0 bridgehead atoms. The van der Waals surface area contributed by atoms with E-state index in [1.807, 2.05) is 11.8 Å². The van der Waals surface area contributed by atoms with Crippen molar-refractivity contribution >= 4 is 11.9 Å². The Hall–Kier alpha value is -1.91. The number of hydrogen-bond donors (Lipinski definition) is 1. The van der Waals surface area contributed by atoms with E-state index in [9.17, 15) is 4.79 Å². The fraction of sp³-hybridized carbons (Fsp3) is 0.364. The maximum atomic E-state index is 10.8. The molecule has 1 N–H and O–H groups in total. The van der Waals surface area contributed by atoms with Crippen molar-refractivity contribution in [2.45, 2.75) is 13.8 Å². The molecule has 0 saturated carbocycles. The zero-order chi connectivity index (χ0) is 12.1. The molecule has 0 aromatic carbocycles. The Balaban J connectivity index is 3.03. The molecular formula is C11H15N3O2. The van der Waals surface area contributed by atoms with Gasteiger partial charge in [0.15, 0.2) is 0 Å². The van der Waals surface area contributed by atoms with Crippen molar-refractivity contribution in [2.75, 3.05) is 18.0 Å². The van der Waals surface area contributed by atoms with Crippen LogP contribution in [0.3, 0.4) is 0 Å². The van der Waals surface area contributed by atoms with E-state index in [1.54, 1.807) is 13.0 Å². The highest BCUT2D eigenvalue weighted by Gasteiger charge is 2.12. The lowest BCUT2D eigenvalue weighted by Gasteiger charge is -2.19. The number of rotatable bonds is 5. The Morgan fingerprint density at radius 2 is 2.38 bits per heavy atom. The largest absolute Gasteiger partial charge is 0.478 e. The molecule has 1 rings (SSSR count). The van der Waals surface area contributed by atoms with Crippen LogP contribution in [0.5, 0.6) is 0 Å². The van der Waals surface area contributed by atoms with Crippen LogP contribution < -0.4 is 4.90 Å². The van der Waals surface area contributed by atoms with Gasteiger partial charge in [0.05, 0.1) is 11.3 Å². The van der Waals surface area contributed by atoms with Gasteiger partial charge < -0.3 is 10.0 Å². The summed E-state index contributed by atoms with van der Waals surface area (Å²) in [5, 5.41) is 8.85. The first-order valence-electron chi connectivity index (χ1n) is 5.03. The van der Waals surface area contributed by atoms with Gasteiger partial charge in [-0.2, -0.15) is 0 Å². The molecule has 0 aliphatic rings. The van der Waals surface area contributed by atoms with Gasteiger partial charge in [-0.1, -0.05) is 6.08 Å². The average molecular weight is 221 g/mol. The molecule has 0 atom stereocenters. The normalized spacial score (nSPS) is 9.88. The SMILES string of the molecule is C=CCN(CC)c1ncc(C(=O)O)c(C)n1. The first kappa shape index (κ1) is 12.2. The van der Waals surface area contributed by atoms with E-state index >= 15 is 0 Å². The highest BCUT2D eigenvalue weighted by Crippen LogP contribution is 2.11. The van der Waals surface area contributed by atoms with Gasteiger partial charge in [-0.3, -0.25) is 0 Å². The Bertz CT molecular complexity index is 404. The van der Waals surface area contributed by atoms with E-state index < -0.39 is 5.97 Å². The van der Waals surface area contributed by atoms with Gasteiger partial charge >= 0.3 is 5.97 Å². The van der Waals surface area contributed by atoms with E-state index in [0.717, 1.165) is 6.54 Å². The third-order valence-corrected chi connectivity index (χ3v) is 2.21. The number of carboxylic acid groups (broad SMARTS) is 1. The summed E-state index contributed by atoms with van der Waals surface area (Å²) in [6.45, 7) is 8.68. The fourth-order valence-electron chi connectivity index (χ4n) is 1.33. The smallest absolute Gasteiger partial charge is 0.339 e. The van der Waals surface area contributed by atoms with Gasteiger partial charge in [0, 0.05) is 19.3 Å². The predicted molar refractivity (Wildman–Crippen MR) is 61.8 cm³/mol. The van der Waals surface area contributed by atoms with Crippen LogP contribution in [0.4, 0.5) is 5.95 Å². The van der Waals surface area contributed by atoms with Crippen LogP contribution in [-0.4, -0.2) is 34.1 Å². The minimum Gasteiger partial charge on any atom is -0.478 e. The number of hydrogen-bond acceptors (Lipinski definition) is 4. The van der Waals surface area contributed by atoms with Crippen molar-refractivity contribution < 1.29 is 9.90 Å². The Morgan fingerprint density at radius 3 is 2.81 bits per heavy atom. The van der Waals surface area contributed by atoms with E-state index in [2.05, 4.69) is 16.5 Å². The lowest BCUT2D eigenvalue weighted by molar-refractivity contribution is 0.0695. The summed E-state index contributed by atoms with van der Waals surface area (Å²) in [4.78, 5) is 20.9. The maximum absolute atomic E-state index is 10.8. The quantitative estimate of drug-likeness (QED) is 0.763. The number of likely N-dealkylation sites (N-methyl/N-ethyl adjacent to an activating group) is 1. The van der Waals surface area contributed by atoms with E-state index in [-0.39, 0.29) is 5.56 Å². The summed E-state index contributed by atoms with van der Waals surface area (Å²) >= 11 is 0. The fourth-order valence-corrected chi connectivity index (χ4v) is 1.33. The van der Waals surface area contributed by atoms with E-state index in [4.69, 9.17) is 5.11 Å². The molecule has 5 heteroatoms. The van der Waals surface area contributed by atoms with Gasteiger partial charge in [-0.15, -0.1) is 6.58 Å². The summed E-state index contributed by atoms with van der Waals surface area (Å²) < 4.78 is 0. The van der Waals surface area contributed by atoms with Crippen LogP contribution in [0.15, 0.2) is 18.9 Å². The number of aromatic carboxylic acids is 1. The first-order chi connectivity index (χ1) is 7.60. The van der Waals surface area contributed by atoms with Crippen molar-refractivity contribution in [3.05, 3.63) is 30.1 Å². The molecule has 16 heavy (non-hydrogen) atoms. The molecule has 0 spiro atoms. The van der Waals surface area contributed by atoms with Gasteiger partial charge in [0.25, 0.3) is 0 Å². The van der Waals surface area contributed by atoms with Gasteiger partial charge in [0.2, 0.25) is 5.95 Å². The summed E-state index contributed by atoms with van der Waals surface area (Å²) in [5.74, 6) is -0.472. The number of carbonyl (C=O) groups is 1. The van der Waals surface area contributed by atoms with Crippen molar-refractivity contribution in [3.63, 3.8) is 0 Å². The number of carboxylic acids is 1. The second-order valence-electron chi connectivity index (χ2n) is 3.30. The van der Waals surface area contributed by atoms with Crippen LogP contribution in [0.2, 0.25) is 0 Å². The molecule has 0 aliphatic carbocycles. The van der Waals surface area contributed by atoms with Crippen molar-refractivity contribution in [1.29, 1.82) is 0 Å². The molecule has 0 amide bonds. The number of aryl methyl sites for hydroxylation is 1. The zero-order valence-electron chi connectivity index (χ0n) is 9.47. The highest BCUT2D eigenvalue weighted by molar-refractivity contribution is 5.88. The average Bonchev–Trinajstić information content (AvgIpc) is 2.25. The molecule has 1 aromatic rings. The van der Waals surface area contributed by atoms with Crippen LogP contribution in [0.1, 0.15) is 23.0 Å². The molecule has 0 unspecified atom stereocenters. The van der Waals surface area contributed by atoms with Gasteiger partial charge in [-0.25, -0.2) is 14.8 Å². The number of aromatic nitrogens is 2. The van der Waals surface area contributed by atoms with Crippen LogP contribution in [-0.2, 0) is 0 Å². The molecule has 0 saturated heterocycles. The minimum atomic E-state index is -1.00. The first-order valence-corrected chi connectivity index (χ1v) is 5.03. The molecule has 1 aromatic heterocycles. The number of nitrogens with zero attached hydrogens (tertiary/aromatic N) is 3. The van der Waals surface area contributed by atoms with Crippen LogP contribution >= 0.6 is 0 Å². The van der Waals surface area contributed by atoms with Crippen molar-refractivity contribution in [2.24, 2.45) is 0 Å². The van der Waals surface area contributed by atoms with Crippen molar-refractivity contribution in [1.82, 2.24) is 9.97 Å². The van der Waals surface area contributed by atoms with Gasteiger partial charge in [-0.05, 0) is 13.8 Å². The summed E-state index contributed by atoms with van der Waals surface area (Å²) in [6.07, 6.45) is 3.10. The second-order valence-corrected chi connectivity index (χ2v) is 3.30. The summed E-state index contributed by atoms with van der Waals surface area (Å²) in [5.41, 5.74) is 0.610. The molecule has 86 valence electrons.